The van der Waals surface area contributed by atoms with Crippen LogP contribution in [0.3, 0.4) is 0 Å². The highest BCUT2D eigenvalue weighted by atomic mass is 32.1. The first-order chi connectivity index (χ1) is 16.6. The number of hydrogen-bond acceptors (Lipinski definition) is 8. The number of thiazole rings is 1. The van der Waals surface area contributed by atoms with Crippen LogP contribution in [0.4, 0.5) is 11.5 Å². The van der Waals surface area contributed by atoms with Crippen LogP contribution in [0.15, 0.2) is 29.3 Å². The van der Waals surface area contributed by atoms with Gasteiger partial charge in [-0.05, 0) is 55.9 Å². The molecule has 3 aromatic heterocycles. The standard InChI is InChI=1S/C24H25N5O3S2/c1-32-15-3-2-8-29(11-15)23(30)13-4-6-16-18(9-13)33-22-20(16)21(25-12-26-22)27-14-5-7-17-19(10-14)34-24(31)28-17/h5,7,10,12-13,15H,2-4,6,8-9,11H2,1H3,(H,28,31)(H,25,26,27)/t13-,15?/m1/s1. The van der Waals surface area contributed by atoms with E-state index in [1.807, 2.05) is 23.1 Å². The molecule has 0 radical (unpaired) electrons. The summed E-state index contributed by atoms with van der Waals surface area (Å²) in [6.07, 6.45) is 6.19. The highest BCUT2D eigenvalue weighted by Gasteiger charge is 2.33. The molecule has 2 aliphatic rings. The number of H-pyrrole nitrogens is 1. The van der Waals surface area contributed by atoms with Gasteiger partial charge in [-0.3, -0.25) is 9.59 Å². The van der Waals surface area contributed by atoms with Gasteiger partial charge in [-0.25, -0.2) is 9.97 Å². The number of nitrogens with one attached hydrogen (secondary N) is 2. The Bertz CT molecular complexity index is 1440. The van der Waals surface area contributed by atoms with E-state index in [1.165, 1.54) is 21.8 Å². The van der Waals surface area contributed by atoms with Crippen LogP contribution < -0.4 is 10.2 Å². The van der Waals surface area contributed by atoms with Crippen LogP contribution in [0, 0.1) is 5.92 Å². The van der Waals surface area contributed by atoms with Gasteiger partial charge < -0.3 is 19.9 Å². The van der Waals surface area contributed by atoms with Crippen LogP contribution in [-0.2, 0) is 22.4 Å². The number of amides is 1. The smallest absolute Gasteiger partial charge is 0.305 e. The van der Waals surface area contributed by atoms with Gasteiger partial charge in [-0.2, -0.15) is 0 Å². The van der Waals surface area contributed by atoms with Crippen LogP contribution in [0.5, 0.6) is 0 Å². The molecule has 4 heterocycles. The van der Waals surface area contributed by atoms with Gasteiger partial charge in [0.2, 0.25) is 5.91 Å². The maximum absolute atomic E-state index is 13.3. The molecule has 34 heavy (non-hydrogen) atoms. The Balaban J connectivity index is 1.27. The fraction of sp³-hybridized carbons (Fsp3) is 0.417. The SMILES string of the molecule is COC1CCCN(C(=O)[C@@H]2CCc3c(sc4ncnc(Nc5ccc6[nH]c(=O)sc6c5)c34)C2)C1. The van der Waals surface area contributed by atoms with Gasteiger partial charge in [0.15, 0.2) is 0 Å². The number of aromatic nitrogens is 3. The number of benzene rings is 1. The Morgan fingerprint density at radius 3 is 3.06 bits per heavy atom. The molecule has 0 saturated carbocycles. The lowest BCUT2D eigenvalue weighted by atomic mass is 9.86. The third-order valence-corrected chi connectivity index (χ3v) is 8.91. The van der Waals surface area contributed by atoms with Crippen molar-refractivity contribution in [1.29, 1.82) is 0 Å². The number of nitrogens with zero attached hydrogens (tertiary/aromatic N) is 3. The Hall–Kier alpha value is -2.82. The van der Waals surface area contributed by atoms with E-state index in [-0.39, 0.29) is 22.8 Å². The second-order valence-electron chi connectivity index (χ2n) is 8.98. The molecule has 0 bridgehead atoms. The van der Waals surface area contributed by atoms with Crippen molar-refractivity contribution in [3.8, 4) is 0 Å². The van der Waals surface area contributed by atoms with Gasteiger partial charge in [-0.15, -0.1) is 11.3 Å². The average Bonchev–Trinajstić information content (AvgIpc) is 3.42. The Morgan fingerprint density at radius 2 is 2.18 bits per heavy atom. The summed E-state index contributed by atoms with van der Waals surface area (Å²) < 4.78 is 6.42. The molecule has 1 amide bonds. The molecule has 1 fully saturated rings. The van der Waals surface area contributed by atoms with E-state index in [4.69, 9.17) is 4.74 Å². The molecule has 176 valence electrons. The number of methoxy groups -OCH3 is 1. The summed E-state index contributed by atoms with van der Waals surface area (Å²) in [6, 6.07) is 5.81. The van der Waals surface area contributed by atoms with E-state index in [1.54, 1.807) is 24.8 Å². The van der Waals surface area contributed by atoms with E-state index in [0.717, 1.165) is 70.6 Å². The first kappa shape index (κ1) is 21.7. The summed E-state index contributed by atoms with van der Waals surface area (Å²) in [5.41, 5.74) is 2.97. The molecule has 1 aliphatic carbocycles. The van der Waals surface area contributed by atoms with Gasteiger partial charge in [-0.1, -0.05) is 11.3 Å². The molecule has 1 aliphatic heterocycles. The summed E-state index contributed by atoms with van der Waals surface area (Å²) >= 11 is 2.87. The van der Waals surface area contributed by atoms with E-state index < -0.39 is 0 Å². The summed E-state index contributed by atoms with van der Waals surface area (Å²) in [6.45, 7) is 1.53. The van der Waals surface area contributed by atoms with Gasteiger partial charge >= 0.3 is 4.87 Å². The quantitative estimate of drug-likeness (QED) is 0.443. The number of ether oxygens (including phenoxy) is 1. The lowest BCUT2D eigenvalue weighted by Gasteiger charge is -2.35. The molecular weight excluding hydrogens is 470 g/mol. The minimum atomic E-state index is -0.0603. The average molecular weight is 496 g/mol. The zero-order valence-corrected chi connectivity index (χ0v) is 20.4. The van der Waals surface area contributed by atoms with Gasteiger partial charge in [0, 0.05) is 36.7 Å². The number of carbonyl (C=O) groups excluding carboxylic acids is 1. The monoisotopic (exact) mass is 495 g/mol. The number of likely N-dealkylation sites (tertiary alicyclic amines) is 1. The number of hydrogen-bond donors (Lipinski definition) is 2. The molecule has 10 heteroatoms. The molecule has 1 aromatic carbocycles. The minimum Gasteiger partial charge on any atom is -0.380 e. The first-order valence-corrected chi connectivity index (χ1v) is 13.2. The molecule has 1 unspecified atom stereocenters. The summed E-state index contributed by atoms with van der Waals surface area (Å²) in [4.78, 5) is 41.0. The second kappa shape index (κ2) is 8.75. The van der Waals surface area contributed by atoms with Crippen LogP contribution in [0.25, 0.3) is 20.4 Å². The topological polar surface area (TPSA) is 100 Å². The van der Waals surface area contributed by atoms with E-state index in [2.05, 4.69) is 20.3 Å². The van der Waals surface area contributed by atoms with Crippen molar-refractivity contribution in [2.75, 3.05) is 25.5 Å². The molecule has 1 saturated heterocycles. The molecule has 0 spiro atoms. The highest BCUT2D eigenvalue weighted by molar-refractivity contribution is 7.19. The second-order valence-corrected chi connectivity index (χ2v) is 11.1. The van der Waals surface area contributed by atoms with Crippen LogP contribution in [0.1, 0.15) is 29.7 Å². The summed E-state index contributed by atoms with van der Waals surface area (Å²) in [7, 11) is 1.73. The number of piperidine rings is 1. The number of carbonyl (C=O) groups is 1. The minimum absolute atomic E-state index is 0.0132. The van der Waals surface area contributed by atoms with Crippen molar-refractivity contribution in [2.24, 2.45) is 5.92 Å². The number of thiophene rings is 1. The molecule has 2 N–H and O–H groups in total. The first-order valence-electron chi connectivity index (χ1n) is 11.6. The van der Waals surface area contributed by atoms with Gasteiger partial charge in [0.25, 0.3) is 0 Å². The van der Waals surface area contributed by atoms with Crippen LogP contribution >= 0.6 is 22.7 Å². The maximum Gasteiger partial charge on any atom is 0.305 e. The number of fused-ring (bicyclic) bond motifs is 4. The summed E-state index contributed by atoms with van der Waals surface area (Å²) in [5, 5.41) is 4.49. The zero-order valence-electron chi connectivity index (χ0n) is 18.8. The number of rotatable bonds is 4. The normalized spacial score (nSPS) is 20.6. The zero-order chi connectivity index (χ0) is 23.2. The van der Waals surface area contributed by atoms with Crippen LogP contribution in [-0.4, -0.2) is 52.1 Å². The van der Waals surface area contributed by atoms with Crippen molar-refractivity contribution < 1.29 is 9.53 Å². The molecule has 6 rings (SSSR count). The molecule has 4 aromatic rings. The Labute approximate surface area is 204 Å². The van der Waals surface area contributed by atoms with Gasteiger partial charge in [0.05, 0.1) is 21.7 Å². The third kappa shape index (κ3) is 3.89. The molecule has 8 nitrogen and oxygen atoms in total. The number of aryl methyl sites for hydroxylation is 1. The van der Waals surface area contributed by atoms with E-state index in [0.29, 0.717) is 6.54 Å². The largest absolute Gasteiger partial charge is 0.380 e. The summed E-state index contributed by atoms with van der Waals surface area (Å²) in [5.74, 6) is 1.04. The fourth-order valence-electron chi connectivity index (χ4n) is 5.16. The van der Waals surface area contributed by atoms with Gasteiger partial charge in [0.1, 0.15) is 17.0 Å². The van der Waals surface area contributed by atoms with Crippen molar-refractivity contribution in [2.45, 2.75) is 38.2 Å². The van der Waals surface area contributed by atoms with Crippen molar-refractivity contribution >= 4 is 60.5 Å². The lowest BCUT2D eigenvalue weighted by Crippen LogP contribution is -2.46. The highest BCUT2D eigenvalue weighted by Crippen LogP contribution is 2.41. The molecular formula is C24H25N5O3S2. The van der Waals surface area contributed by atoms with Crippen molar-refractivity contribution in [3.63, 3.8) is 0 Å². The fourth-order valence-corrected chi connectivity index (χ4v) is 7.21. The number of aromatic amines is 1. The Kier molecular flexibility index (Phi) is 5.59. The van der Waals surface area contributed by atoms with Crippen molar-refractivity contribution in [1.82, 2.24) is 19.9 Å². The third-order valence-electron chi connectivity index (χ3n) is 6.90. The van der Waals surface area contributed by atoms with Crippen molar-refractivity contribution in [3.05, 3.63) is 44.6 Å². The van der Waals surface area contributed by atoms with E-state index >= 15 is 0 Å². The Morgan fingerprint density at radius 1 is 1.26 bits per heavy atom. The lowest BCUT2D eigenvalue weighted by molar-refractivity contribution is -0.139. The van der Waals surface area contributed by atoms with Crippen LogP contribution in [0.2, 0.25) is 0 Å². The maximum atomic E-state index is 13.3. The predicted molar refractivity (Wildman–Crippen MR) is 135 cm³/mol. The van der Waals surface area contributed by atoms with E-state index in [9.17, 15) is 9.59 Å². The molecule has 2 atom stereocenters. The number of anilines is 2. The predicted octanol–water partition coefficient (Wildman–Crippen LogP) is 4.08.